The minimum atomic E-state index is -0.428. The number of carbonyl (C=O) groups is 2. The molecule has 1 atom stereocenters. The van der Waals surface area contributed by atoms with Crippen LogP contribution in [0.4, 0.5) is 11.4 Å². The van der Waals surface area contributed by atoms with Gasteiger partial charge in [0.1, 0.15) is 0 Å². The molecule has 6 heteroatoms. The number of hydrogen-bond donors (Lipinski definition) is 2. The molecule has 5 nitrogen and oxygen atoms in total. The second-order valence-corrected chi connectivity index (χ2v) is 7.80. The van der Waals surface area contributed by atoms with Gasteiger partial charge >= 0.3 is 0 Å². The highest BCUT2D eigenvalue weighted by Crippen LogP contribution is 2.25. The number of amides is 2. The van der Waals surface area contributed by atoms with E-state index in [0.29, 0.717) is 5.69 Å². The van der Waals surface area contributed by atoms with Gasteiger partial charge in [-0.2, -0.15) is 0 Å². The second-order valence-electron chi connectivity index (χ2n) is 6.95. The lowest BCUT2D eigenvalue weighted by Crippen LogP contribution is -2.43. The van der Waals surface area contributed by atoms with Crippen molar-refractivity contribution in [3.63, 3.8) is 0 Å². The van der Waals surface area contributed by atoms with E-state index in [1.807, 2.05) is 30.3 Å². The average Bonchev–Trinajstić information content (AvgIpc) is 3.10. The fourth-order valence-corrected chi connectivity index (χ4v) is 3.60. The maximum absolute atomic E-state index is 12.6. The van der Waals surface area contributed by atoms with Crippen LogP contribution in [-0.2, 0) is 22.4 Å². The van der Waals surface area contributed by atoms with E-state index in [-0.39, 0.29) is 18.4 Å². The van der Waals surface area contributed by atoms with E-state index >= 15 is 0 Å². The Hall–Kier alpha value is -2.18. The summed E-state index contributed by atoms with van der Waals surface area (Å²) < 4.78 is 0.823. The summed E-state index contributed by atoms with van der Waals surface area (Å²) in [6.07, 6.45) is 3.37. The van der Waals surface area contributed by atoms with Gasteiger partial charge in [-0.05, 0) is 84.6 Å². The minimum absolute atomic E-state index is 0.121. The lowest BCUT2D eigenvalue weighted by Gasteiger charge is -2.23. The largest absolute Gasteiger partial charge is 0.325 e. The summed E-state index contributed by atoms with van der Waals surface area (Å²) in [6.45, 7) is 1.93. The number of para-hydroxylation sites is 1. The minimum Gasteiger partial charge on any atom is -0.325 e. The molecule has 2 N–H and O–H groups in total. The van der Waals surface area contributed by atoms with Gasteiger partial charge in [-0.25, -0.2) is 0 Å². The topological polar surface area (TPSA) is 61.4 Å². The number of carbonyl (C=O) groups excluding carboxylic acids is 2. The number of nitrogens with zero attached hydrogens (tertiary/aromatic N) is 1. The molecule has 0 aromatic heterocycles. The quantitative estimate of drug-likeness (QED) is 0.732. The first-order valence-electron chi connectivity index (χ1n) is 9.11. The Morgan fingerprint density at radius 1 is 1.11 bits per heavy atom. The molecule has 1 aliphatic rings. The Balaban J connectivity index is 1.54. The highest BCUT2D eigenvalue weighted by Gasteiger charge is 2.21. The summed E-state index contributed by atoms with van der Waals surface area (Å²) in [6, 6.07) is 13.1. The first-order chi connectivity index (χ1) is 12.9. The summed E-state index contributed by atoms with van der Waals surface area (Å²) in [5.74, 6) is -0.286. The normalized spacial score (nSPS) is 13.9. The highest BCUT2D eigenvalue weighted by atomic mass is 79.9. The summed E-state index contributed by atoms with van der Waals surface area (Å²) in [5.41, 5.74) is 4.23. The van der Waals surface area contributed by atoms with Gasteiger partial charge in [0.15, 0.2) is 0 Å². The third-order valence-electron chi connectivity index (χ3n) is 4.95. The zero-order valence-electron chi connectivity index (χ0n) is 15.6. The third kappa shape index (κ3) is 4.96. The predicted molar refractivity (Wildman–Crippen MR) is 112 cm³/mol. The Bertz CT molecular complexity index is 853. The number of halogens is 1. The molecule has 0 aliphatic heterocycles. The number of hydrogen-bond acceptors (Lipinski definition) is 3. The van der Waals surface area contributed by atoms with E-state index in [1.165, 1.54) is 17.5 Å². The number of anilines is 2. The van der Waals surface area contributed by atoms with Crippen LogP contribution in [0, 0.1) is 0 Å². The van der Waals surface area contributed by atoms with Crippen LogP contribution in [0.1, 0.15) is 24.5 Å². The van der Waals surface area contributed by atoms with Crippen molar-refractivity contribution < 1.29 is 9.59 Å². The Morgan fingerprint density at radius 2 is 1.85 bits per heavy atom. The van der Waals surface area contributed by atoms with Crippen molar-refractivity contribution in [2.24, 2.45) is 0 Å². The summed E-state index contributed by atoms with van der Waals surface area (Å²) in [4.78, 5) is 26.6. The monoisotopic (exact) mass is 429 g/mol. The third-order valence-corrected chi connectivity index (χ3v) is 5.64. The van der Waals surface area contributed by atoms with Gasteiger partial charge in [0, 0.05) is 10.2 Å². The van der Waals surface area contributed by atoms with Crippen LogP contribution in [0.3, 0.4) is 0 Å². The molecule has 142 valence electrons. The molecule has 1 unspecified atom stereocenters. The van der Waals surface area contributed by atoms with E-state index in [0.717, 1.165) is 23.0 Å². The van der Waals surface area contributed by atoms with Crippen LogP contribution in [0.15, 0.2) is 46.9 Å². The van der Waals surface area contributed by atoms with Gasteiger partial charge in [-0.15, -0.1) is 0 Å². The van der Waals surface area contributed by atoms with Gasteiger partial charge in [0.25, 0.3) is 0 Å². The molecule has 2 aromatic rings. The van der Waals surface area contributed by atoms with Crippen LogP contribution in [0.2, 0.25) is 0 Å². The molecule has 0 heterocycles. The van der Waals surface area contributed by atoms with Gasteiger partial charge in [0.05, 0.1) is 18.3 Å². The zero-order chi connectivity index (χ0) is 19.4. The Kier molecular flexibility index (Phi) is 6.29. The highest BCUT2D eigenvalue weighted by molar-refractivity contribution is 9.10. The molecule has 2 amide bonds. The van der Waals surface area contributed by atoms with Crippen molar-refractivity contribution in [2.45, 2.75) is 32.2 Å². The molecule has 27 heavy (non-hydrogen) atoms. The van der Waals surface area contributed by atoms with E-state index < -0.39 is 6.04 Å². The molecule has 3 rings (SSSR count). The number of nitrogens with one attached hydrogen (secondary N) is 2. The lowest BCUT2D eigenvalue weighted by atomic mass is 10.1. The number of likely N-dealkylation sites (N-methyl/N-ethyl adjacent to an activating group) is 1. The molecule has 2 aromatic carbocycles. The van der Waals surface area contributed by atoms with E-state index in [9.17, 15) is 9.59 Å². The van der Waals surface area contributed by atoms with E-state index in [2.05, 4.69) is 38.7 Å². The molecule has 1 aliphatic carbocycles. The summed E-state index contributed by atoms with van der Waals surface area (Å²) in [7, 11) is 1.77. The van der Waals surface area contributed by atoms with Crippen molar-refractivity contribution >= 4 is 39.1 Å². The number of aryl methyl sites for hydroxylation is 2. The maximum atomic E-state index is 12.6. The smallest absolute Gasteiger partial charge is 0.241 e. The summed E-state index contributed by atoms with van der Waals surface area (Å²) in [5, 5.41) is 5.82. The van der Waals surface area contributed by atoms with Gasteiger partial charge in [-0.3, -0.25) is 14.5 Å². The molecular weight excluding hydrogens is 406 g/mol. The van der Waals surface area contributed by atoms with Crippen molar-refractivity contribution in [1.82, 2.24) is 4.90 Å². The fraction of sp³-hybridized carbons (Fsp3) is 0.333. The Labute approximate surface area is 168 Å². The molecule has 0 saturated heterocycles. The molecule has 0 bridgehead atoms. The van der Waals surface area contributed by atoms with Crippen molar-refractivity contribution in [2.75, 3.05) is 24.2 Å². The van der Waals surface area contributed by atoms with Crippen LogP contribution in [0.25, 0.3) is 0 Å². The predicted octanol–water partition coefficient (Wildman–Crippen LogP) is 3.84. The van der Waals surface area contributed by atoms with Crippen LogP contribution < -0.4 is 10.6 Å². The first kappa shape index (κ1) is 19.6. The summed E-state index contributed by atoms with van der Waals surface area (Å²) >= 11 is 3.41. The van der Waals surface area contributed by atoms with Crippen molar-refractivity contribution in [1.29, 1.82) is 0 Å². The van der Waals surface area contributed by atoms with Crippen molar-refractivity contribution in [3.8, 4) is 0 Å². The maximum Gasteiger partial charge on any atom is 0.241 e. The van der Waals surface area contributed by atoms with Crippen molar-refractivity contribution in [3.05, 3.63) is 58.1 Å². The lowest BCUT2D eigenvalue weighted by molar-refractivity contribution is -0.122. The van der Waals surface area contributed by atoms with Gasteiger partial charge < -0.3 is 10.6 Å². The van der Waals surface area contributed by atoms with Crippen LogP contribution in [-0.4, -0.2) is 36.3 Å². The molecule has 0 spiro atoms. The van der Waals surface area contributed by atoms with Gasteiger partial charge in [0.2, 0.25) is 11.8 Å². The SMILES string of the molecule is CC(C(=O)Nc1ccc2c(c1)CCC2)N(C)CC(=O)Nc1ccccc1Br. The number of rotatable bonds is 6. The fourth-order valence-electron chi connectivity index (χ4n) is 3.21. The zero-order valence-corrected chi connectivity index (χ0v) is 17.2. The number of benzene rings is 2. The molecule has 0 fully saturated rings. The molecular formula is C21H24BrN3O2. The van der Waals surface area contributed by atoms with E-state index in [1.54, 1.807) is 18.9 Å². The number of fused-ring (bicyclic) bond motifs is 1. The second kappa shape index (κ2) is 8.67. The van der Waals surface area contributed by atoms with Crippen LogP contribution >= 0.6 is 15.9 Å². The molecule has 0 radical (unpaired) electrons. The Morgan fingerprint density at radius 3 is 2.63 bits per heavy atom. The molecule has 0 saturated carbocycles. The van der Waals surface area contributed by atoms with E-state index in [4.69, 9.17) is 0 Å². The average molecular weight is 430 g/mol. The first-order valence-corrected chi connectivity index (χ1v) is 9.90. The van der Waals surface area contributed by atoms with Crippen LogP contribution in [0.5, 0.6) is 0 Å². The standard InChI is InChI=1S/C21H24BrN3O2/c1-14(21(27)23-17-11-10-15-6-5-7-16(15)12-17)25(2)13-20(26)24-19-9-4-3-8-18(19)22/h3-4,8-12,14H,5-7,13H2,1-2H3,(H,23,27)(H,24,26). The van der Waals surface area contributed by atoms with Gasteiger partial charge in [-0.1, -0.05) is 18.2 Å².